The molecule has 1 amide bonds. The SMILES string of the molecule is Cc1ccc(C(=O)N(CCCN)CC(C)Cc2oc3cc(F)ccc3c(=O)c2Cc2ccccc2)cc1. The van der Waals surface area contributed by atoms with E-state index < -0.39 is 5.82 Å². The van der Waals surface area contributed by atoms with E-state index in [0.717, 1.165) is 11.1 Å². The summed E-state index contributed by atoms with van der Waals surface area (Å²) in [7, 11) is 0. The Hall–Kier alpha value is -3.77. The van der Waals surface area contributed by atoms with Crippen molar-refractivity contribution in [3.05, 3.63) is 117 Å². The average Bonchev–Trinajstić information content (AvgIpc) is 2.89. The molecule has 0 fully saturated rings. The van der Waals surface area contributed by atoms with E-state index in [0.29, 0.717) is 61.2 Å². The van der Waals surface area contributed by atoms with Crippen molar-refractivity contribution in [2.45, 2.75) is 33.1 Å². The van der Waals surface area contributed by atoms with Crippen LogP contribution in [0.2, 0.25) is 0 Å². The number of carbonyl (C=O) groups is 1. The molecular weight excluding hydrogens is 467 g/mol. The average molecular weight is 501 g/mol. The predicted molar refractivity (Wildman–Crippen MR) is 145 cm³/mol. The molecule has 6 heteroatoms. The maximum atomic E-state index is 14.0. The quantitative estimate of drug-likeness (QED) is 0.312. The van der Waals surface area contributed by atoms with Gasteiger partial charge in [0.05, 0.1) is 5.39 Å². The van der Waals surface area contributed by atoms with Crippen LogP contribution < -0.4 is 11.2 Å². The third-order valence-electron chi connectivity index (χ3n) is 6.54. The molecule has 0 saturated heterocycles. The first-order valence-electron chi connectivity index (χ1n) is 12.7. The van der Waals surface area contributed by atoms with Gasteiger partial charge in [-0.2, -0.15) is 0 Å². The Bertz CT molecular complexity index is 1410. The highest BCUT2D eigenvalue weighted by Gasteiger charge is 2.22. The van der Waals surface area contributed by atoms with E-state index in [2.05, 4.69) is 0 Å². The summed E-state index contributed by atoms with van der Waals surface area (Å²) < 4.78 is 20.1. The van der Waals surface area contributed by atoms with Crippen molar-refractivity contribution in [1.82, 2.24) is 4.90 Å². The summed E-state index contributed by atoms with van der Waals surface area (Å²) in [5, 5.41) is 0.364. The molecule has 0 aliphatic heterocycles. The van der Waals surface area contributed by atoms with E-state index in [1.54, 1.807) is 0 Å². The molecule has 0 aliphatic rings. The molecule has 2 N–H and O–H groups in total. The maximum absolute atomic E-state index is 14.0. The molecule has 1 heterocycles. The van der Waals surface area contributed by atoms with Crippen molar-refractivity contribution in [1.29, 1.82) is 0 Å². The molecule has 1 aromatic heterocycles. The Morgan fingerprint density at radius 1 is 1.05 bits per heavy atom. The highest BCUT2D eigenvalue weighted by Crippen LogP contribution is 2.23. The normalized spacial score (nSPS) is 12.0. The van der Waals surface area contributed by atoms with Crippen molar-refractivity contribution in [3.8, 4) is 0 Å². The number of benzene rings is 3. The molecule has 3 aromatic carbocycles. The van der Waals surface area contributed by atoms with Crippen LogP contribution in [0.15, 0.2) is 82.0 Å². The first-order valence-corrected chi connectivity index (χ1v) is 12.7. The van der Waals surface area contributed by atoms with E-state index >= 15 is 0 Å². The van der Waals surface area contributed by atoms with Crippen LogP contribution >= 0.6 is 0 Å². The number of hydrogen-bond acceptors (Lipinski definition) is 4. The second-order valence-corrected chi connectivity index (χ2v) is 9.70. The number of nitrogens with two attached hydrogens (primary N) is 1. The molecule has 4 aromatic rings. The van der Waals surface area contributed by atoms with Crippen LogP contribution in [0.1, 0.15) is 46.2 Å². The third-order valence-corrected chi connectivity index (χ3v) is 6.54. The minimum atomic E-state index is -0.456. The lowest BCUT2D eigenvalue weighted by Gasteiger charge is -2.26. The number of nitrogens with zero attached hydrogens (tertiary/aromatic N) is 1. The topological polar surface area (TPSA) is 76.5 Å². The van der Waals surface area contributed by atoms with Crippen molar-refractivity contribution in [3.63, 3.8) is 0 Å². The predicted octanol–water partition coefficient (Wildman–Crippen LogP) is 5.50. The lowest BCUT2D eigenvalue weighted by molar-refractivity contribution is 0.0729. The zero-order valence-electron chi connectivity index (χ0n) is 21.4. The van der Waals surface area contributed by atoms with E-state index in [1.165, 1.54) is 18.2 Å². The van der Waals surface area contributed by atoms with Gasteiger partial charge in [0.1, 0.15) is 17.2 Å². The van der Waals surface area contributed by atoms with Crippen molar-refractivity contribution in [2.75, 3.05) is 19.6 Å². The molecule has 192 valence electrons. The standard InChI is InChI=1S/C31H33FN2O3/c1-21-9-11-24(12-10-21)31(36)34(16-6-15-33)20-22(2)17-28-27(18-23-7-4-3-5-8-23)30(35)26-14-13-25(32)19-29(26)37-28/h3-5,7-14,19,22H,6,15-18,20,33H2,1-2H3. The fourth-order valence-corrected chi connectivity index (χ4v) is 4.59. The van der Waals surface area contributed by atoms with Crippen LogP contribution in [0.3, 0.4) is 0 Å². The van der Waals surface area contributed by atoms with Gasteiger partial charge < -0.3 is 15.1 Å². The van der Waals surface area contributed by atoms with Gasteiger partial charge in [-0.15, -0.1) is 0 Å². The molecule has 0 radical (unpaired) electrons. The number of carbonyl (C=O) groups excluding carboxylic acids is 1. The molecule has 0 bridgehead atoms. The number of hydrogen-bond donors (Lipinski definition) is 1. The second kappa shape index (κ2) is 12.0. The highest BCUT2D eigenvalue weighted by molar-refractivity contribution is 5.94. The van der Waals surface area contributed by atoms with Gasteiger partial charge in [0, 0.05) is 43.1 Å². The first-order chi connectivity index (χ1) is 17.9. The molecule has 1 atom stereocenters. The van der Waals surface area contributed by atoms with Crippen molar-refractivity contribution < 1.29 is 13.6 Å². The fourth-order valence-electron chi connectivity index (χ4n) is 4.59. The van der Waals surface area contributed by atoms with Crippen LogP contribution in [0, 0.1) is 18.7 Å². The van der Waals surface area contributed by atoms with E-state index in [1.807, 2.05) is 73.3 Å². The molecule has 1 unspecified atom stereocenters. The van der Waals surface area contributed by atoms with Crippen molar-refractivity contribution >= 4 is 16.9 Å². The summed E-state index contributed by atoms with van der Waals surface area (Å²) in [5.74, 6) is 0.00539. The van der Waals surface area contributed by atoms with Gasteiger partial charge in [-0.1, -0.05) is 55.0 Å². The van der Waals surface area contributed by atoms with Gasteiger partial charge >= 0.3 is 0 Å². The minimum absolute atomic E-state index is 0.0177. The lowest BCUT2D eigenvalue weighted by Crippen LogP contribution is -2.37. The molecule has 0 saturated carbocycles. The van der Waals surface area contributed by atoms with Crippen LogP contribution in [0.25, 0.3) is 11.0 Å². The van der Waals surface area contributed by atoms with E-state index in [4.69, 9.17) is 10.2 Å². The first kappa shape index (κ1) is 26.3. The highest BCUT2D eigenvalue weighted by atomic mass is 19.1. The summed E-state index contributed by atoms with van der Waals surface area (Å²) in [5.41, 5.74) is 9.11. The van der Waals surface area contributed by atoms with E-state index in [9.17, 15) is 14.0 Å². The monoisotopic (exact) mass is 500 g/mol. The van der Waals surface area contributed by atoms with Gasteiger partial charge in [-0.25, -0.2) is 4.39 Å². The second-order valence-electron chi connectivity index (χ2n) is 9.70. The minimum Gasteiger partial charge on any atom is -0.460 e. The zero-order valence-corrected chi connectivity index (χ0v) is 21.4. The van der Waals surface area contributed by atoms with Crippen LogP contribution in [0.5, 0.6) is 0 Å². The van der Waals surface area contributed by atoms with Crippen LogP contribution in [-0.2, 0) is 12.8 Å². The number of amides is 1. The van der Waals surface area contributed by atoms with Gasteiger partial charge in [-0.05, 0) is 55.6 Å². The Kier molecular flexibility index (Phi) is 8.51. The van der Waals surface area contributed by atoms with Gasteiger partial charge in [0.25, 0.3) is 5.91 Å². The molecule has 37 heavy (non-hydrogen) atoms. The van der Waals surface area contributed by atoms with Gasteiger partial charge in [0.2, 0.25) is 0 Å². The largest absolute Gasteiger partial charge is 0.460 e. The lowest BCUT2D eigenvalue weighted by atomic mass is 9.96. The number of halogens is 1. The Morgan fingerprint density at radius 2 is 1.78 bits per heavy atom. The summed E-state index contributed by atoms with van der Waals surface area (Å²) in [6.45, 7) is 5.51. The number of fused-ring (bicyclic) bond motifs is 1. The molecule has 0 spiro atoms. The molecule has 4 rings (SSSR count). The smallest absolute Gasteiger partial charge is 0.253 e. The number of aryl methyl sites for hydroxylation is 1. The Balaban J connectivity index is 1.64. The molecule has 0 aliphatic carbocycles. The molecular formula is C31H33FN2O3. The summed E-state index contributed by atoms with van der Waals surface area (Å²) in [6.07, 6.45) is 1.54. The molecule has 5 nitrogen and oxygen atoms in total. The van der Waals surface area contributed by atoms with Crippen LogP contribution in [-0.4, -0.2) is 30.4 Å². The summed E-state index contributed by atoms with van der Waals surface area (Å²) >= 11 is 0. The zero-order chi connectivity index (χ0) is 26.4. The van der Waals surface area contributed by atoms with Crippen LogP contribution in [0.4, 0.5) is 4.39 Å². The fraction of sp³-hybridized carbons (Fsp3) is 0.290. The van der Waals surface area contributed by atoms with Gasteiger partial charge in [-0.3, -0.25) is 9.59 Å². The Labute approximate surface area is 216 Å². The van der Waals surface area contributed by atoms with Crippen molar-refractivity contribution in [2.24, 2.45) is 11.7 Å². The Morgan fingerprint density at radius 3 is 2.49 bits per heavy atom. The summed E-state index contributed by atoms with van der Waals surface area (Å²) in [4.78, 5) is 28.6. The summed E-state index contributed by atoms with van der Waals surface area (Å²) in [6, 6.07) is 21.3. The van der Waals surface area contributed by atoms with E-state index in [-0.39, 0.29) is 22.8 Å². The maximum Gasteiger partial charge on any atom is 0.253 e. The third kappa shape index (κ3) is 6.52. The van der Waals surface area contributed by atoms with Gasteiger partial charge in [0.15, 0.2) is 5.43 Å². The number of rotatable bonds is 10.